The van der Waals surface area contributed by atoms with E-state index in [1.807, 2.05) is 6.07 Å². The zero-order valence-corrected chi connectivity index (χ0v) is 12.2. The predicted octanol–water partition coefficient (Wildman–Crippen LogP) is 1.98. The molecule has 2 aliphatic rings. The number of benzene rings is 1. The number of hydrogen-bond donors (Lipinski definition) is 1. The molecule has 2 aliphatic heterocycles. The lowest BCUT2D eigenvalue weighted by Gasteiger charge is -2.26. The summed E-state index contributed by atoms with van der Waals surface area (Å²) >= 11 is 0. The van der Waals surface area contributed by atoms with Crippen LogP contribution in [0.3, 0.4) is 0 Å². The molecular weight excluding hydrogens is 252 g/mol. The maximum atomic E-state index is 6.39. The number of hydrogen-bond acceptors (Lipinski definition) is 4. The van der Waals surface area contributed by atoms with E-state index in [4.69, 9.17) is 15.2 Å². The molecule has 3 rings (SSSR count). The van der Waals surface area contributed by atoms with Crippen molar-refractivity contribution < 1.29 is 9.47 Å². The lowest BCUT2D eigenvalue weighted by atomic mass is 9.93. The Kier molecular flexibility index (Phi) is 4.13. The zero-order valence-electron chi connectivity index (χ0n) is 12.2. The van der Waals surface area contributed by atoms with Crippen LogP contribution < -0.4 is 15.2 Å². The van der Waals surface area contributed by atoms with Gasteiger partial charge in [-0.15, -0.1) is 0 Å². The number of rotatable bonds is 4. The summed E-state index contributed by atoms with van der Waals surface area (Å²) in [6.07, 6.45) is 2.62. The second kappa shape index (κ2) is 6.02. The van der Waals surface area contributed by atoms with Crippen molar-refractivity contribution in [3.8, 4) is 11.5 Å². The highest BCUT2D eigenvalue weighted by atomic mass is 16.6. The Morgan fingerprint density at radius 2 is 1.85 bits per heavy atom. The molecule has 2 heterocycles. The number of fused-ring (bicyclic) bond motifs is 1. The molecule has 0 spiro atoms. The molecule has 0 amide bonds. The van der Waals surface area contributed by atoms with Crippen molar-refractivity contribution in [1.82, 2.24) is 4.90 Å². The van der Waals surface area contributed by atoms with Gasteiger partial charge in [0, 0.05) is 12.6 Å². The van der Waals surface area contributed by atoms with Crippen molar-refractivity contribution in [2.45, 2.75) is 31.7 Å². The molecule has 0 radical (unpaired) electrons. The summed E-state index contributed by atoms with van der Waals surface area (Å²) in [5.41, 5.74) is 7.63. The second-order valence-electron chi connectivity index (χ2n) is 5.86. The normalized spacial score (nSPS) is 21.7. The van der Waals surface area contributed by atoms with Crippen molar-refractivity contribution in [1.29, 1.82) is 0 Å². The van der Waals surface area contributed by atoms with Gasteiger partial charge in [-0.3, -0.25) is 0 Å². The van der Waals surface area contributed by atoms with E-state index in [0.717, 1.165) is 18.0 Å². The SMILES string of the molecule is C[C@H](c1ccc2c(c1)OCCO2)[C@H](N)CN1CCCC1. The number of likely N-dealkylation sites (tertiary alicyclic amines) is 1. The minimum Gasteiger partial charge on any atom is -0.486 e. The van der Waals surface area contributed by atoms with Crippen LogP contribution in [0.15, 0.2) is 18.2 Å². The summed E-state index contributed by atoms with van der Waals surface area (Å²) in [7, 11) is 0. The third kappa shape index (κ3) is 2.91. The van der Waals surface area contributed by atoms with E-state index in [0.29, 0.717) is 19.1 Å². The fourth-order valence-corrected chi connectivity index (χ4v) is 3.01. The second-order valence-corrected chi connectivity index (χ2v) is 5.86. The third-order valence-corrected chi connectivity index (χ3v) is 4.40. The molecule has 0 saturated carbocycles. The standard InChI is InChI=1S/C16H24N2O2/c1-12(14(17)11-18-6-2-3-7-18)13-4-5-15-16(10-13)20-9-8-19-15/h4-5,10,12,14H,2-3,6-9,11,17H2,1H3/t12-,14-/m1/s1. The Balaban J connectivity index is 1.67. The van der Waals surface area contributed by atoms with Crippen LogP contribution in [0, 0.1) is 0 Å². The van der Waals surface area contributed by atoms with E-state index in [1.54, 1.807) is 0 Å². The van der Waals surface area contributed by atoms with Gasteiger partial charge in [0.05, 0.1) is 0 Å². The average Bonchev–Trinajstić information content (AvgIpc) is 2.99. The van der Waals surface area contributed by atoms with Gasteiger partial charge in [0.1, 0.15) is 13.2 Å². The average molecular weight is 276 g/mol. The summed E-state index contributed by atoms with van der Waals surface area (Å²) in [6, 6.07) is 6.36. The highest BCUT2D eigenvalue weighted by Gasteiger charge is 2.22. The first kappa shape index (κ1) is 13.7. The van der Waals surface area contributed by atoms with Gasteiger partial charge in [-0.25, -0.2) is 0 Å². The highest BCUT2D eigenvalue weighted by molar-refractivity contribution is 5.45. The van der Waals surface area contributed by atoms with E-state index in [1.165, 1.54) is 31.5 Å². The first-order valence-corrected chi connectivity index (χ1v) is 7.61. The molecule has 20 heavy (non-hydrogen) atoms. The number of nitrogens with two attached hydrogens (primary N) is 1. The van der Waals surface area contributed by atoms with Crippen molar-refractivity contribution in [3.05, 3.63) is 23.8 Å². The lowest BCUT2D eigenvalue weighted by molar-refractivity contribution is 0.171. The summed E-state index contributed by atoms with van der Waals surface area (Å²) in [5, 5.41) is 0. The Morgan fingerprint density at radius 1 is 1.15 bits per heavy atom. The summed E-state index contributed by atoms with van der Waals surface area (Å²) in [4.78, 5) is 2.47. The van der Waals surface area contributed by atoms with Crippen molar-refractivity contribution in [3.63, 3.8) is 0 Å². The quantitative estimate of drug-likeness (QED) is 0.913. The molecule has 0 aliphatic carbocycles. The van der Waals surface area contributed by atoms with Crippen LogP contribution in [0.25, 0.3) is 0 Å². The van der Waals surface area contributed by atoms with E-state index in [2.05, 4.69) is 24.0 Å². The lowest BCUT2D eigenvalue weighted by Crippen LogP contribution is -2.39. The Morgan fingerprint density at radius 3 is 2.60 bits per heavy atom. The molecule has 1 aromatic carbocycles. The van der Waals surface area contributed by atoms with E-state index < -0.39 is 0 Å². The van der Waals surface area contributed by atoms with Gasteiger partial charge < -0.3 is 20.1 Å². The van der Waals surface area contributed by atoms with Crippen molar-refractivity contribution in [2.24, 2.45) is 5.73 Å². The Labute approximate surface area is 120 Å². The largest absolute Gasteiger partial charge is 0.486 e. The first-order valence-electron chi connectivity index (χ1n) is 7.61. The molecule has 1 fully saturated rings. The fraction of sp³-hybridized carbons (Fsp3) is 0.625. The van der Waals surface area contributed by atoms with Crippen LogP contribution in [0.4, 0.5) is 0 Å². The van der Waals surface area contributed by atoms with E-state index in [9.17, 15) is 0 Å². The molecule has 2 atom stereocenters. The molecule has 4 heteroatoms. The van der Waals surface area contributed by atoms with Crippen LogP contribution in [-0.4, -0.2) is 43.8 Å². The topological polar surface area (TPSA) is 47.7 Å². The fourth-order valence-electron chi connectivity index (χ4n) is 3.01. The van der Waals surface area contributed by atoms with Gasteiger partial charge in [-0.2, -0.15) is 0 Å². The van der Waals surface area contributed by atoms with Gasteiger partial charge in [0.2, 0.25) is 0 Å². The minimum atomic E-state index is 0.163. The molecule has 0 unspecified atom stereocenters. The summed E-state index contributed by atoms with van der Waals surface area (Å²) in [5.74, 6) is 2.03. The van der Waals surface area contributed by atoms with Crippen LogP contribution in [0.2, 0.25) is 0 Å². The molecule has 0 aromatic heterocycles. The molecule has 110 valence electrons. The van der Waals surface area contributed by atoms with Crippen LogP contribution in [0.5, 0.6) is 11.5 Å². The molecule has 0 bridgehead atoms. The van der Waals surface area contributed by atoms with E-state index in [-0.39, 0.29) is 6.04 Å². The smallest absolute Gasteiger partial charge is 0.161 e. The van der Waals surface area contributed by atoms with E-state index >= 15 is 0 Å². The first-order chi connectivity index (χ1) is 9.74. The zero-order chi connectivity index (χ0) is 13.9. The van der Waals surface area contributed by atoms with Crippen molar-refractivity contribution in [2.75, 3.05) is 32.8 Å². The number of nitrogens with zero attached hydrogens (tertiary/aromatic N) is 1. The van der Waals surface area contributed by atoms with Gasteiger partial charge in [0.25, 0.3) is 0 Å². The Hall–Kier alpha value is -1.26. The maximum absolute atomic E-state index is 6.39. The highest BCUT2D eigenvalue weighted by Crippen LogP contribution is 2.33. The van der Waals surface area contributed by atoms with Crippen molar-refractivity contribution >= 4 is 0 Å². The monoisotopic (exact) mass is 276 g/mol. The summed E-state index contributed by atoms with van der Waals surface area (Å²) in [6.45, 7) is 6.84. The Bertz CT molecular complexity index is 458. The molecule has 4 nitrogen and oxygen atoms in total. The number of ether oxygens (including phenoxy) is 2. The molecular formula is C16H24N2O2. The van der Waals surface area contributed by atoms with Gasteiger partial charge in [-0.1, -0.05) is 13.0 Å². The van der Waals surface area contributed by atoms with Gasteiger partial charge in [-0.05, 0) is 49.5 Å². The molecule has 1 aromatic rings. The molecule has 1 saturated heterocycles. The maximum Gasteiger partial charge on any atom is 0.161 e. The summed E-state index contributed by atoms with van der Waals surface area (Å²) < 4.78 is 11.2. The third-order valence-electron chi connectivity index (χ3n) is 4.40. The van der Waals surface area contributed by atoms with Gasteiger partial charge >= 0.3 is 0 Å². The predicted molar refractivity (Wildman–Crippen MR) is 79.5 cm³/mol. The molecule has 2 N–H and O–H groups in total. The van der Waals surface area contributed by atoms with Gasteiger partial charge in [0.15, 0.2) is 11.5 Å². The van der Waals surface area contributed by atoms with Crippen LogP contribution >= 0.6 is 0 Å². The van der Waals surface area contributed by atoms with Crippen LogP contribution in [0.1, 0.15) is 31.2 Å². The minimum absolute atomic E-state index is 0.163. The van der Waals surface area contributed by atoms with Crippen LogP contribution in [-0.2, 0) is 0 Å².